The molecule has 1 aliphatic heterocycles. The van der Waals surface area contributed by atoms with Crippen LogP contribution >= 0.6 is 0 Å². The fourth-order valence-electron chi connectivity index (χ4n) is 2.26. The highest BCUT2D eigenvalue weighted by molar-refractivity contribution is 5.68. The third-order valence-corrected chi connectivity index (χ3v) is 3.32. The van der Waals surface area contributed by atoms with E-state index < -0.39 is 5.60 Å². The van der Waals surface area contributed by atoms with Gasteiger partial charge in [0.1, 0.15) is 5.60 Å². The molecule has 1 aromatic carbocycles. The van der Waals surface area contributed by atoms with E-state index in [2.05, 4.69) is 9.89 Å². The number of amides is 1. The second kappa shape index (κ2) is 6.62. The Morgan fingerprint density at radius 2 is 1.73 bits per heavy atom. The molecule has 0 N–H and O–H groups in total. The monoisotopic (exact) mass is 303 g/mol. The molecule has 0 radical (unpaired) electrons. The molecule has 6 nitrogen and oxygen atoms in total. The molecule has 0 spiro atoms. The van der Waals surface area contributed by atoms with Gasteiger partial charge in [-0.15, -0.1) is 0 Å². The highest BCUT2D eigenvalue weighted by Gasteiger charge is 2.25. The van der Waals surface area contributed by atoms with Crippen LogP contribution in [0.5, 0.6) is 0 Å². The van der Waals surface area contributed by atoms with E-state index in [0.29, 0.717) is 18.8 Å². The Morgan fingerprint density at radius 3 is 2.23 bits per heavy atom. The summed E-state index contributed by atoms with van der Waals surface area (Å²) in [4.78, 5) is 29.7. The highest BCUT2D eigenvalue weighted by Crippen LogP contribution is 2.21. The Morgan fingerprint density at radius 1 is 1.14 bits per heavy atom. The molecule has 1 amide bonds. The lowest BCUT2D eigenvalue weighted by Crippen LogP contribution is -2.50. The summed E-state index contributed by atoms with van der Waals surface area (Å²) in [5.41, 5.74) is 1.17. The number of anilines is 1. The lowest BCUT2D eigenvalue weighted by atomic mass is 10.2. The smallest absolute Gasteiger partial charge is 0.410 e. The number of rotatable bonds is 2. The van der Waals surface area contributed by atoms with Gasteiger partial charge in [0, 0.05) is 31.9 Å². The predicted octanol–water partition coefficient (Wildman–Crippen LogP) is 2.71. The Hall–Kier alpha value is -2.33. The first kappa shape index (κ1) is 16.0. The molecule has 2 rings (SSSR count). The van der Waals surface area contributed by atoms with Gasteiger partial charge in [-0.25, -0.2) is 9.59 Å². The Bertz CT molecular complexity index is 563. The van der Waals surface area contributed by atoms with Crippen molar-refractivity contribution in [2.75, 3.05) is 31.1 Å². The average molecular weight is 303 g/mol. The Labute approximate surface area is 130 Å². The van der Waals surface area contributed by atoms with Crippen LogP contribution in [-0.4, -0.2) is 48.9 Å². The predicted molar refractivity (Wildman–Crippen MR) is 84.2 cm³/mol. The number of carbonyl (C=O) groups is 1. The molecule has 0 unspecified atom stereocenters. The molecule has 1 aliphatic rings. The molecule has 1 heterocycles. The number of benzene rings is 1. The number of piperazine rings is 1. The van der Waals surface area contributed by atoms with Crippen molar-refractivity contribution in [3.63, 3.8) is 0 Å². The molecule has 0 aliphatic carbocycles. The van der Waals surface area contributed by atoms with E-state index >= 15 is 0 Å². The minimum atomic E-state index is -0.469. The standard InChI is InChI=1S/C16H21N3O3/c1-16(2,3)22-15(21)19-10-8-18(9-11-19)14-6-4-13(5-7-14)17-12-20/h4-7H,8-11H2,1-3H3. The van der Waals surface area contributed by atoms with Gasteiger partial charge >= 0.3 is 6.09 Å². The third-order valence-electron chi connectivity index (χ3n) is 3.32. The maximum absolute atomic E-state index is 12.0. The third kappa shape index (κ3) is 4.33. The van der Waals surface area contributed by atoms with Gasteiger partial charge in [-0.1, -0.05) is 0 Å². The first-order valence-electron chi connectivity index (χ1n) is 7.30. The molecule has 118 valence electrons. The number of carbonyl (C=O) groups excluding carboxylic acids is 2. The minimum absolute atomic E-state index is 0.261. The van der Waals surface area contributed by atoms with E-state index in [0.717, 1.165) is 18.8 Å². The summed E-state index contributed by atoms with van der Waals surface area (Å²) >= 11 is 0. The second-order valence-electron chi connectivity index (χ2n) is 6.17. The minimum Gasteiger partial charge on any atom is -0.444 e. The molecule has 0 atom stereocenters. The molecule has 22 heavy (non-hydrogen) atoms. The summed E-state index contributed by atoms with van der Waals surface area (Å²) in [6.45, 7) is 8.34. The lowest BCUT2D eigenvalue weighted by Gasteiger charge is -2.36. The summed E-state index contributed by atoms with van der Waals surface area (Å²) in [5, 5.41) is 0. The van der Waals surface area contributed by atoms with Crippen LogP contribution < -0.4 is 4.90 Å². The largest absolute Gasteiger partial charge is 0.444 e. The van der Waals surface area contributed by atoms with Crippen LogP contribution in [-0.2, 0) is 9.53 Å². The molecule has 0 bridgehead atoms. The maximum Gasteiger partial charge on any atom is 0.410 e. The van der Waals surface area contributed by atoms with E-state index in [1.165, 1.54) is 6.08 Å². The molecule has 0 aromatic heterocycles. The van der Waals surface area contributed by atoms with Gasteiger partial charge in [0.25, 0.3) is 0 Å². The van der Waals surface area contributed by atoms with Crippen molar-refractivity contribution < 1.29 is 14.3 Å². The second-order valence-corrected chi connectivity index (χ2v) is 6.17. The van der Waals surface area contributed by atoms with Gasteiger partial charge in [0.05, 0.1) is 5.69 Å². The number of hydrogen-bond donors (Lipinski definition) is 0. The van der Waals surface area contributed by atoms with Crippen molar-refractivity contribution in [1.82, 2.24) is 4.90 Å². The quantitative estimate of drug-likeness (QED) is 0.622. The van der Waals surface area contributed by atoms with Crippen molar-refractivity contribution in [1.29, 1.82) is 0 Å². The van der Waals surface area contributed by atoms with Gasteiger partial charge in [-0.05, 0) is 45.0 Å². The van der Waals surface area contributed by atoms with Crippen molar-refractivity contribution in [3.05, 3.63) is 24.3 Å². The number of nitrogens with zero attached hydrogens (tertiary/aromatic N) is 3. The van der Waals surface area contributed by atoms with E-state index in [1.807, 2.05) is 32.9 Å². The molecule has 1 fully saturated rings. The molecule has 6 heteroatoms. The van der Waals surface area contributed by atoms with E-state index in [1.54, 1.807) is 17.0 Å². The normalized spacial score (nSPS) is 15.2. The van der Waals surface area contributed by atoms with Crippen LogP contribution in [0.15, 0.2) is 29.3 Å². The van der Waals surface area contributed by atoms with Crippen LogP contribution in [0, 0.1) is 0 Å². The van der Waals surface area contributed by atoms with Gasteiger partial charge in [-0.2, -0.15) is 4.99 Å². The zero-order chi connectivity index (χ0) is 16.2. The number of aliphatic imine (C=N–C) groups is 1. The fourth-order valence-corrected chi connectivity index (χ4v) is 2.26. The van der Waals surface area contributed by atoms with Crippen LogP contribution in [0.2, 0.25) is 0 Å². The van der Waals surface area contributed by atoms with Crippen molar-refractivity contribution in [2.24, 2.45) is 4.99 Å². The van der Waals surface area contributed by atoms with E-state index in [-0.39, 0.29) is 6.09 Å². The first-order valence-corrected chi connectivity index (χ1v) is 7.30. The first-order chi connectivity index (χ1) is 10.4. The van der Waals surface area contributed by atoms with Crippen molar-refractivity contribution in [2.45, 2.75) is 26.4 Å². The lowest BCUT2D eigenvalue weighted by molar-refractivity contribution is 0.0240. The van der Waals surface area contributed by atoms with Crippen LogP contribution in [0.3, 0.4) is 0 Å². The van der Waals surface area contributed by atoms with Gasteiger partial charge in [0.2, 0.25) is 6.08 Å². The summed E-state index contributed by atoms with van der Waals surface area (Å²) in [6, 6.07) is 7.39. The average Bonchev–Trinajstić information content (AvgIpc) is 2.47. The molecular weight excluding hydrogens is 282 g/mol. The van der Waals surface area contributed by atoms with Gasteiger partial charge in [-0.3, -0.25) is 0 Å². The molecule has 1 aromatic rings. The number of ether oxygens (including phenoxy) is 1. The molecular formula is C16H21N3O3. The SMILES string of the molecule is CC(C)(C)OC(=O)N1CCN(c2ccc(N=C=O)cc2)CC1. The summed E-state index contributed by atoms with van der Waals surface area (Å²) in [6.07, 6.45) is 1.26. The number of hydrogen-bond acceptors (Lipinski definition) is 5. The topological polar surface area (TPSA) is 62.2 Å². The summed E-state index contributed by atoms with van der Waals surface area (Å²) in [5.74, 6) is 0. The van der Waals surface area contributed by atoms with Crippen molar-refractivity contribution in [3.8, 4) is 0 Å². The summed E-state index contributed by atoms with van der Waals surface area (Å²) < 4.78 is 5.38. The van der Waals surface area contributed by atoms with Crippen LogP contribution in [0.1, 0.15) is 20.8 Å². The number of isocyanates is 1. The van der Waals surface area contributed by atoms with E-state index in [9.17, 15) is 9.59 Å². The summed E-state index contributed by atoms with van der Waals surface area (Å²) in [7, 11) is 0. The van der Waals surface area contributed by atoms with Gasteiger partial charge in [0.15, 0.2) is 0 Å². The Kier molecular flexibility index (Phi) is 4.83. The van der Waals surface area contributed by atoms with Crippen molar-refractivity contribution >= 4 is 23.5 Å². The van der Waals surface area contributed by atoms with Gasteiger partial charge < -0.3 is 14.5 Å². The fraction of sp³-hybridized carbons (Fsp3) is 0.500. The van der Waals surface area contributed by atoms with E-state index in [4.69, 9.17) is 4.74 Å². The highest BCUT2D eigenvalue weighted by atomic mass is 16.6. The zero-order valence-electron chi connectivity index (χ0n) is 13.2. The maximum atomic E-state index is 12.0. The van der Waals surface area contributed by atoms with Crippen LogP contribution in [0.25, 0.3) is 0 Å². The molecule has 0 saturated carbocycles. The Balaban J connectivity index is 1.91. The zero-order valence-corrected chi connectivity index (χ0v) is 13.2. The van der Waals surface area contributed by atoms with Crippen LogP contribution in [0.4, 0.5) is 16.2 Å². The molecule has 1 saturated heterocycles.